The van der Waals surface area contributed by atoms with Gasteiger partial charge >= 0.3 is 0 Å². The van der Waals surface area contributed by atoms with Gasteiger partial charge in [-0.1, -0.05) is 0 Å². The number of halogens is 3. The molecule has 3 fully saturated rings. The van der Waals surface area contributed by atoms with Crippen molar-refractivity contribution in [3.8, 4) is 0 Å². The van der Waals surface area contributed by atoms with E-state index < -0.39 is 0 Å². The minimum Gasteiger partial charge on any atom is -0.353 e. The van der Waals surface area contributed by atoms with Gasteiger partial charge < -0.3 is 10.2 Å². The molecule has 0 aliphatic carbocycles. The lowest BCUT2D eigenvalue weighted by atomic mass is 9.91. The van der Waals surface area contributed by atoms with Gasteiger partial charge in [0, 0.05) is 35.8 Å². The van der Waals surface area contributed by atoms with E-state index in [2.05, 4.69) is 43.3 Å². The van der Waals surface area contributed by atoms with Crippen molar-refractivity contribution in [3.63, 3.8) is 0 Å². The van der Waals surface area contributed by atoms with Crippen LogP contribution in [0.3, 0.4) is 0 Å². The van der Waals surface area contributed by atoms with Gasteiger partial charge in [-0.05, 0) is 34.5 Å². The number of nitrogens with one attached hydrogen (secondary N) is 1. The Bertz CT molecular complexity index is 330. The molecule has 0 amide bonds. The Morgan fingerprint density at radius 1 is 1.25 bits per heavy atom. The molecule has 1 aromatic rings. The number of piperazine rings is 1. The van der Waals surface area contributed by atoms with Crippen molar-refractivity contribution in [2.45, 2.75) is 18.5 Å². The third-order valence-electron chi connectivity index (χ3n) is 2.96. The van der Waals surface area contributed by atoms with E-state index >= 15 is 0 Å². The maximum Gasteiger partial charge on any atom is 0.128 e. The third kappa shape index (κ3) is 2.62. The fourth-order valence-corrected chi connectivity index (χ4v) is 2.49. The molecular formula is C10H14BrCl2N3. The van der Waals surface area contributed by atoms with Crippen molar-refractivity contribution in [2.24, 2.45) is 0 Å². The van der Waals surface area contributed by atoms with Crippen LogP contribution >= 0.6 is 40.7 Å². The Morgan fingerprint density at radius 3 is 2.38 bits per heavy atom. The molecular weight excluding hydrogens is 313 g/mol. The number of nitrogens with zero attached hydrogens (tertiary/aromatic N) is 2. The molecule has 0 saturated carbocycles. The van der Waals surface area contributed by atoms with Crippen LogP contribution in [0.5, 0.6) is 0 Å². The van der Waals surface area contributed by atoms with E-state index in [4.69, 9.17) is 0 Å². The first kappa shape index (κ1) is 14.0. The van der Waals surface area contributed by atoms with Gasteiger partial charge in [-0.2, -0.15) is 0 Å². The molecule has 0 radical (unpaired) electrons. The molecule has 4 heterocycles. The topological polar surface area (TPSA) is 28.2 Å². The summed E-state index contributed by atoms with van der Waals surface area (Å²) in [4.78, 5) is 6.77. The summed E-state index contributed by atoms with van der Waals surface area (Å²) in [6.45, 7) is 2.20. The smallest absolute Gasteiger partial charge is 0.128 e. The van der Waals surface area contributed by atoms with Gasteiger partial charge in [0.1, 0.15) is 5.82 Å². The van der Waals surface area contributed by atoms with E-state index in [0.717, 1.165) is 23.4 Å². The van der Waals surface area contributed by atoms with Crippen molar-refractivity contribution >= 4 is 46.6 Å². The Labute approximate surface area is 116 Å². The predicted octanol–water partition coefficient (Wildman–Crippen LogP) is 2.24. The van der Waals surface area contributed by atoms with E-state index in [1.807, 2.05) is 6.20 Å². The van der Waals surface area contributed by atoms with E-state index in [9.17, 15) is 0 Å². The summed E-state index contributed by atoms with van der Waals surface area (Å²) < 4.78 is 1.04. The molecule has 4 rings (SSSR count). The highest BCUT2D eigenvalue weighted by Crippen LogP contribution is 2.25. The first-order valence-corrected chi connectivity index (χ1v) is 5.73. The zero-order valence-electron chi connectivity index (χ0n) is 8.60. The Morgan fingerprint density at radius 2 is 1.88 bits per heavy atom. The highest BCUT2D eigenvalue weighted by atomic mass is 79.9. The Balaban J connectivity index is 0.000000640. The van der Waals surface area contributed by atoms with Gasteiger partial charge in [-0.15, -0.1) is 24.8 Å². The molecule has 16 heavy (non-hydrogen) atoms. The van der Waals surface area contributed by atoms with Gasteiger partial charge in [0.05, 0.1) is 0 Å². The summed E-state index contributed by atoms with van der Waals surface area (Å²) in [5.74, 6) is 1.10. The van der Waals surface area contributed by atoms with E-state index in [1.54, 1.807) is 0 Å². The SMILES string of the molecule is Brc1ccc(N2CC3CC(C2)N3)nc1.Cl.Cl. The van der Waals surface area contributed by atoms with Gasteiger partial charge in [-0.25, -0.2) is 4.98 Å². The molecule has 1 aromatic heterocycles. The standard InChI is InChI=1S/C10H12BrN3.2ClH/c11-7-1-2-10(12-4-7)14-5-8-3-9(6-14)13-8;;/h1-2,4,8-9,13H,3,5-6H2;2*1H. The zero-order chi connectivity index (χ0) is 9.54. The second-order valence-electron chi connectivity index (χ2n) is 4.04. The van der Waals surface area contributed by atoms with Gasteiger partial charge in [0.15, 0.2) is 0 Å². The molecule has 1 N–H and O–H groups in total. The number of hydrogen-bond donors (Lipinski definition) is 1. The average Bonchev–Trinajstić information content (AvgIpc) is 2.18. The molecule has 3 nitrogen and oxygen atoms in total. The maximum absolute atomic E-state index is 4.41. The molecule has 2 atom stereocenters. The van der Waals surface area contributed by atoms with Crippen LogP contribution in [0.25, 0.3) is 0 Å². The van der Waals surface area contributed by atoms with Gasteiger partial charge in [0.2, 0.25) is 0 Å². The number of fused-ring (bicyclic) bond motifs is 2. The summed E-state index contributed by atoms with van der Waals surface area (Å²) in [6.07, 6.45) is 3.20. The minimum absolute atomic E-state index is 0. The summed E-state index contributed by atoms with van der Waals surface area (Å²) in [7, 11) is 0. The van der Waals surface area contributed by atoms with Crippen molar-refractivity contribution in [1.29, 1.82) is 0 Å². The summed E-state index contributed by atoms with van der Waals surface area (Å²) in [5, 5.41) is 3.51. The highest BCUT2D eigenvalue weighted by Gasteiger charge is 2.36. The second kappa shape index (κ2) is 5.54. The second-order valence-corrected chi connectivity index (χ2v) is 4.95. The fraction of sp³-hybridized carbons (Fsp3) is 0.500. The van der Waals surface area contributed by atoms with E-state index in [1.165, 1.54) is 6.42 Å². The van der Waals surface area contributed by atoms with Crippen LogP contribution < -0.4 is 10.2 Å². The van der Waals surface area contributed by atoms with Crippen LogP contribution in [0.1, 0.15) is 6.42 Å². The molecule has 2 unspecified atom stereocenters. The van der Waals surface area contributed by atoms with Crippen molar-refractivity contribution in [3.05, 3.63) is 22.8 Å². The summed E-state index contributed by atoms with van der Waals surface area (Å²) in [5.41, 5.74) is 0. The average molecular weight is 327 g/mol. The maximum atomic E-state index is 4.41. The van der Waals surface area contributed by atoms with Crippen molar-refractivity contribution in [2.75, 3.05) is 18.0 Å². The first-order valence-electron chi connectivity index (χ1n) is 4.94. The number of anilines is 1. The molecule has 0 spiro atoms. The minimum atomic E-state index is 0. The van der Waals surface area contributed by atoms with E-state index in [0.29, 0.717) is 12.1 Å². The lowest BCUT2D eigenvalue weighted by molar-refractivity contribution is 0.225. The Hall–Kier alpha value is -0.0300. The summed E-state index contributed by atoms with van der Waals surface area (Å²) >= 11 is 3.40. The molecule has 90 valence electrons. The zero-order valence-corrected chi connectivity index (χ0v) is 11.8. The van der Waals surface area contributed by atoms with Crippen LogP contribution in [-0.2, 0) is 0 Å². The van der Waals surface area contributed by atoms with E-state index in [-0.39, 0.29) is 24.8 Å². The Kier molecular flexibility index (Phi) is 4.86. The number of hydrogen-bond acceptors (Lipinski definition) is 3. The third-order valence-corrected chi connectivity index (χ3v) is 3.43. The number of rotatable bonds is 1. The lowest BCUT2D eigenvalue weighted by Crippen LogP contribution is -2.67. The molecule has 3 saturated heterocycles. The van der Waals surface area contributed by atoms with Crippen molar-refractivity contribution < 1.29 is 0 Å². The lowest BCUT2D eigenvalue weighted by Gasteiger charge is -2.48. The molecule has 6 heteroatoms. The predicted molar refractivity (Wildman–Crippen MR) is 74.0 cm³/mol. The first-order chi connectivity index (χ1) is 6.81. The molecule has 2 bridgehead atoms. The molecule has 0 aromatic carbocycles. The van der Waals surface area contributed by atoms with Crippen LogP contribution in [0.4, 0.5) is 5.82 Å². The highest BCUT2D eigenvalue weighted by molar-refractivity contribution is 9.10. The van der Waals surface area contributed by atoms with Crippen molar-refractivity contribution in [1.82, 2.24) is 10.3 Å². The number of piperidine rings is 1. The monoisotopic (exact) mass is 325 g/mol. The van der Waals surface area contributed by atoms with Crippen LogP contribution in [-0.4, -0.2) is 30.2 Å². The van der Waals surface area contributed by atoms with Crippen LogP contribution in [0, 0.1) is 0 Å². The summed E-state index contributed by atoms with van der Waals surface area (Å²) in [6, 6.07) is 5.52. The van der Waals surface area contributed by atoms with Gasteiger partial charge in [0.25, 0.3) is 0 Å². The molecule has 3 aliphatic heterocycles. The van der Waals surface area contributed by atoms with Gasteiger partial charge in [-0.3, -0.25) is 0 Å². The fourth-order valence-electron chi connectivity index (χ4n) is 2.26. The number of aromatic nitrogens is 1. The quantitative estimate of drug-likeness (QED) is 0.858. The normalized spacial score (nSPS) is 26.2. The van der Waals surface area contributed by atoms with Crippen LogP contribution in [0.2, 0.25) is 0 Å². The molecule has 3 aliphatic rings. The largest absolute Gasteiger partial charge is 0.353 e. The number of pyridine rings is 1. The van der Waals surface area contributed by atoms with Crippen LogP contribution in [0.15, 0.2) is 22.8 Å².